The van der Waals surface area contributed by atoms with Gasteiger partial charge in [0.2, 0.25) is 5.96 Å². The van der Waals surface area contributed by atoms with Crippen molar-refractivity contribution < 1.29 is 4.79 Å². The van der Waals surface area contributed by atoms with Crippen LogP contribution in [0.2, 0.25) is 0 Å². The van der Waals surface area contributed by atoms with Crippen LogP contribution in [0.25, 0.3) is 11.1 Å². The number of fused-ring (bicyclic) bond motifs is 1. The fourth-order valence-electron chi connectivity index (χ4n) is 5.04. The van der Waals surface area contributed by atoms with Crippen molar-refractivity contribution in [2.45, 2.75) is 33.6 Å². The molecule has 0 atom stereocenters. The number of guanidine groups is 1. The van der Waals surface area contributed by atoms with Gasteiger partial charge in [-0.3, -0.25) is 15.6 Å². The summed E-state index contributed by atoms with van der Waals surface area (Å²) in [6.07, 6.45) is 2.52. The first-order valence-electron chi connectivity index (χ1n) is 12.7. The van der Waals surface area contributed by atoms with E-state index in [1.165, 1.54) is 35.1 Å². The summed E-state index contributed by atoms with van der Waals surface area (Å²) in [6, 6.07) is 18.2. The number of nitrogens with one attached hydrogen (secondary N) is 4. The Morgan fingerprint density at radius 3 is 2.39 bits per heavy atom. The lowest BCUT2D eigenvalue weighted by molar-refractivity contribution is 0.0950. The Balaban J connectivity index is 1.24. The molecular weight excluding hydrogens is 448 g/mol. The van der Waals surface area contributed by atoms with Crippen LogP contribution in [0.1, 0.15) is 39.9 Å². The highest BCUT2D eigenvalue weighted by Gasteiger charge is 2.17. The molecule has 0 bridgehead atoms. The summed E-state index contributed by atoms with van der Waals surface area (Å²) in [7, 11) is 0. The summed E-state index contributed by atoms with van der Waals surface area (Å²) in [5.41, 5.74) is 15.8. The van der Waals surface area contributed by atoms with Gasteiger partial charge in [0.15, 0.2) is 0 Å². The lowest BCUT2D eigenvalue weighted by atomic mass is 9.93. The topological polar surface area (TPSA) is 80.8 Å². The predicted octanol–water partition coefficient (Wildman–Crippen LogP) is 5.13. The standard InChI is InChI=1S/C29H34N6O/c1-19-7-6-8-20(2)26(19)23-17-21(3)27-25(18-23)33-34-29(32-27)31-24-11-9-22(10-12-24)28(36)30-13-16-35-14-4-5-15-35/h6-12,17-18,33H,4-5,13-16H2,1-3H3,(H,30,36)(H2,31,32,34). The quantitative estimate of drug-likeness (QED) is 0.392. The Morgan fingerprint density at radius 1 is 0.944 bits per heavy atom. The molecule has 186 valence electrons. The van der Waals surface area contributed by atoms with Gasteiger partial charge < -0.3 is 15.5 Å². The second-order valence-electron chi connectivity index (χ2n) is 9.67. The number of rotatable bonds is 6. The normalized spacial score (nSPS) is 14.9. The maximum atomic E-state index is 12.5. The van der Waals surface area contributed by atoms with Gasteiger partial charge in [0.25, 0.3) is 5.91 Å². The number of nitrogens with zero attached hydrogens (tertiary/aromatic N) is 2. The summed E-state index contributed by atoms with van der Waals surface area (Å²) < 4.78 is 0. The highest BCUT2D eigenvalue weighted by atomic mass is 16.1. The van der Waals surface area contributed by atoms with E-state index in [1.807, 2.05) is 24.3 Å². The number of aryl methyl sites for hydroxylation is 3. The Bertz CT molecular complexity index is 1270. The van der Waals surface area contributed by atoms with Crippen LogP contribution >= 0.6 is 0 Å². The third-order valence-corrected chi connectivity index (χ3v) is 6.93. The van der Waals surface area contributed by atoms with Crippen molar-refractivity contribution in [2.75, 3.05) is 36.9 Å². The van der Waals surface area contributed by atoms with Crippen LogP contribution in [-0.2, 0) is 0 Å². The van der Waals surface area contributed by atoms with E-state index >= 15 is 0 Å². The van der Waals surface area contributed by atoms with E-state index in [1.54, 1.807) is 0 Å². The van der Waals surface area contributed by atoms with Gasteiger partial charge in [-0.2, -0.15) is 0 Å². The number of likely N-dealkylation sites (tertiary alicyclic amines) is 1. The Morgan fingerprint density at radius 2 is 1.67 bits per heavy atom. The number of amides is 1. The summed E-state index contributed by atoms with van der Waals surface area (Å²) in [6.45, 7) is 10.2. The summed E-state index contributed by atoms with van der Waals surface area (Å²) in [4.78, 5) is 19.7. The number of anilines is 2. The number of carbonyl (C=O) groups is 1. The molecule has 2 aliphatic rings. The number of hydrazine groups is 1. The number of carbonyl (C=O) groups excluding carboxylic acids is 1. The molecule has 0 unspecified atom stereocenters. The molecule has 7 nitrogen and oxygen atoms in total. The monoisotopic (exact) mass is 482 g/mol. The molecule has 0 aliphatic carbocycles. The smallest absolute Gasteiger partial charge is 0.251 e. The van der Waals surface area contributed by atoms with Gasteiger partial charge in [-0.15, -0.1) is 0 Å². The van der Waals surface area contributed by atoms with Gasteiger partial charge in [0.1, 0.15) is 0 Å². The van der Waals surface area contributed by atoms with Crippen LogP contribution in [0.3, 0.4) is 0 Å². The minimum absolute atomic E-state index is 0.0419. The zero-order valence-electron chi connectivity index (χ0n) is 21.2. The van der Waals surface area contributed by atoms with Crippen LogP contribution in [0.15, 0.2) is 59.6 Å². The number of benzene rings is 3. The average Bonchev–Trinajstić information content (AvgIpc) is 3.38. The van der Waals surface area contributed by atoms with Crippen LogP contribution < -0.4 is 21.5 Å². The van der Waals surface area contributed by atoms with Crippen molar-refractivity contribution in [3.8, 4) is 11.1 Å². The third-order valence-electron chi connectivity index (χ3n) is 6.93. The Labute approximate surface area is 213 Å². The summed E-state index contributed by atoms with van der Waals surface area (Å²) in [5.74, 6) is 0.563. The van der Waals surface area contributed by atoms with Gasteiger partial charge in [-0.25, -0.2) is 4.99 Å². The summed E-state index contributed by atoms with van der Waals surface area (Å²) >= 11 is 0. The van der Waals surface area contributed by atoms with Crippen molar-refractivity contribution in [1.82, 2.24) is 15.6 Å². The van der Waals surface area contributed by atoms with Gasteiger partial charge in [0.05, 0.1) is 11.4 Å². The van der Waals surface area contributed by atoms with Crippen molar-refractivity contribution in [3.63, 3.8) is 0 Å². The lowest BCUT2D eigenvalue weighted by Gasteiger charge is -2.23. The van der Waals surface area contributed by atoms with E-state index in [4.69, 9.17) is 4.99 Å². The molecule has 3 aromatic carbocycles. The fraction of sp³-hybridized carbons (Fsp3) is 0.310. The van der Waals surface area contributed by atoms with Crippen molar-refractivity contribution >= 4 is 28.9 Å². The third kappa shape index (κ3) is 5.21. The van der Waals surface area contributed by atoms with E-state index < -0.39 is 0 Å². The molecule has 1 saturated heterocycles. The minimum Gasteiger partial charge on any atom is -0.351 e. The molecule has 0 saturated carbocycles. The fourth-order valence-corrected chi connectivity index (χ4v) is 5.04. The van der Waals surface area contributed by atoms with Crippen LogP contribution in [0, 0.1) is 20.8 Å². The highest BCUT2D eigenvalue weighted by Crippen LogP contribution is 2.37. The molecule has 0 spiro atoms. The summed E-state index contributed by atoms with van der Waals surface area (Å²) in [5, 5.41) is 6.32. The molecule has 2 heterocycles. The Kier molecular flexibility index (Phi) is 6.91. The van der Waals surface area contributed by atoms with E-state index in [0.29, 0.717) is 18.1 Å². The minimum atomic E-state index is -0.0419. The first kappa shape index (κ1) is 23.9. The molecule has 0 radical (unpaired) electrons. The Hall–Kier alpha value is -3.84. The first-order chi connectivity index (χ1) is 17.5. The molecule has 3 aromatic rings. The highest BCUT2D eigenvalue weighted by molar-refractivity contribution is 6.01. The van der Waals surface area contributed by atoms with E-state index in [2.05, 4.69) is 77.5 Å². The van der Waals surface area contributed by atoms with E-state index in [0.717, 1.165) is 42.3 Å². The predicted molar refractivity (Wildman–Crippen MR) is 148 cm³/mol. The second kappa shape index (κ2) is 10.4. The second-order valence-corrected chi connectivity index (χ2v) is 9.67. The van der Waals surface area contributed by atoms with E-state index in [-0.39, 0.29) is 5.91 Å². The SMILES string of the molecule is Cc1cc(-c2c(C)cccc2C)cc2c1N=C(Nc1ccc(C(=O)NCCN3CCCC3)cc1)NN2. The van der Waals surface area contributed by atoms with E-state index in [9.17, 15) is 4.79 Å². The van der Waals surface area contributed by atoms with Crippen LogP contribution in [-0.4, -0.2) is 42.9 Å². The number of aliphatic imine (C=N–C) groups is 1. The molecule has 1 amide bonds. The molecule has 4 N–H and O–H groups in total. The van der Waals surface area contributed by atoms with Crippen molar-refractivity contribution in [3.05, 3.63) is 76.9 Å². The van der Waals surface area contributed by atoms with Gasteiger partial charge in [-0.05, 0) is 111 Å². The maximum absolute atomic E-state index is 12.5. The van der Waals surface area contributed by atoms with Crippen molar-refractivity contribution in [1.29, 1.82) is 0 Å². The zero-order chi connectivity index (χ0) is 25.1. The molecule has 36 heavy (non-hydrogen) atoms. The largest absolute Gasteiger partial charge is 0.351 e. The molecular formula is C29H34N6O. The van der Waals surface area contributed by atoms with Crippen molar-refractivity contribution in [2.24, 2.45) is 4.99 Å². The average molecular weight is 483 g/mol. The zero-order valence-corrected chi connectivity index (χ0v) is 21.2. The molecule has 5 rings (SSSR count). The molecule has 7 heteroatoms. The molecule has 1 fully saturated rings. The lowest BCUT2D eigenvalue weighted by Crippen LogP contribution is -2.37. The van der Waals surface area contributed by atoms with Gasteiger partial charge in [0, 0.05) is 24.3 Å². The van der Waals surface area contributed by atoms with Gasteiger partial charge in [-0.1, -0.05) is 18.2 Å². The molecule has 0 aromatic heterocycles. The number of hydrogen-bond donors (Lipinski definition) is 4. The molecule has 2 aliphatic heterocycles. The van der Waals surface area contributed by atoms with Crippen LogP contribution in [0.5, 0.6) is 0 Å². The number of hydrogen-bond acceptors (Lipinski definition) is 6. The first-order valence-corrected chi connectivity index (χ1v) is 12.7. The van der Waals surface area contributed by atoms with Crippen LogP contribution in [0.4, 0.5) is 17.1 Å². The van der Waals surface area contributed by atoms with Gasteiger partial charge >= 0.3 is 0 Å². The maximum Gasteiger partial charge on any atom is 0.251 e.